The Morgan fingerprint density at radius 2 is 1.82 bits per heavy atom. The van der Waals surface area contributed by atoms with Gasteiger partial charge >= 0.3 is 0 Å². The van der Waals surface area contributed by atoms with Crippen LogP contribution in [0, 0.1) is 6.92 Å². The number of methoxy groups -OCH3 is 2. The summed E-state index contributed by atoms with van der Waals surface area (Å²) in [6.45, 7) is 3.11. The van der Waals surface area contributed by atoms with Gasteiger partial charge in [0.15, 0.2) is 0 Å². The second-order valence-corrected chi connectivity index (χ2v) is 6.58. The highest BCUT2D eigenvalue weighted by atomic mass is 35.5. The van der Waals surface area contributed by atoms with Gasteiger partial charge in [0.2, 0.25) is 5.95 Å². The molecule has 0 spiro atoms. The summed E-state index contributed by atoms with van der Waals surface area (Å²) in [4.78, 5) is 9.20. The van der Waals surface area contributed by atoms with Crippen LogP contribution in [0.4, 0.5) is 17.5 Å². The Labute approximate surface area is 169 Å². The molecule has 0 aliphatic rings. The van der Waals surface area contributed by atoms with Gasteiger partial charge in [-0.2, -0.15) is 4.98 Å². The van der Waals surface area contributed by atoms with Gasteiger partial charge in [0.25, 0.3) is 0 Å². The van der Waals surface area contributed by atoms with Crippen LogP contribution < -0.4 is 15.4 Å². The lowest BCUT2D eigenvalue weighted by Crippen LogP contribution is -2.11. The van der Waals surface area contributed by atoms with Crippen molar-refractivity contribution in [2.45, 2.75) is 6.92 Å². The number of aryl methyl sites for hydroxylation is 1. The van der Waals surface area contributed by atoms with E-state index in [4.69, 9.17) is 21.1 Å². The quantitative estimate of drug-likeness (QED) is 0.525. The van der Waals surface area contributed by atoms with Crippen molar-refractivity contribution in [3.63, 3.8) is 0 Å². The minimum atomic E-state index is 0.519. The van der Waals surface area contributed by atoms with E-state index in [-0.39, 0.29) is 0 Å². The highest BCUT2D eigenvalue weighted by molar-refractivity contribution is 6.31. The number of rotatable bonds is 8. The van der Waals surface area contributed by atoms with Gasteiger partial charge in [-0.25, -0.2) is 4.98 Å². The summed E-state index contributed by atoms with van der Waals surface area (Å²) in [7, 11) is 3.27. The van der Waals surface area contributed by atoms with Crippen LogP contribution in [0.1, 0.15) is 5.56 Å². The summed E-state index contributed by atoms with van der Waals surface area (Å²) >= 11 is 6.21. The fourth-order valence-electron chi connectivity index (χ4n) is 2.68. The van der Waals surface area contributed by atoms with Crippen LogP contribution in [0.25, 0.3) is 11.3 Å². The van der Waals surface area contributed by atoms with Gasteiger partial charge in [0, 0.05) is 36.4 Å². The van der Waals surface area contributed by atoms with Gasteiger partial charge < -0.3 is 20.1 Å². The summed E-state index contributed by atoms with van der Waals surface area (Å²) in [5, 5.41) is 7.17. The van der Waals surface area contributed by atoms with Crippen LogP contribution in [0.15, 0.2) is 48.5 Å². The molecule has 0 fully saturated rings. The molecule has 7 heteroatoms. The van der Waals surface area contributed by atoms with E-state index in [9.17, 15) is 0 Å². The van der Waals surface area contributed by atoms with E-state index in [1.807, 2.05) is 49.4 Å². The molecule has 1 heterocycles. The van der Waals surface area contributed by atoms with Crippen molar-refractivity contribution < 1.29 is 9.47 Å². The molecule has 2 aromatic carbocycles. The van der Waals surface area contributed by atoms with E-state index in [1.165, 1.54) is 0 Å². The number of ether oxygens (including phenoxy) is 2. The lowest BCUT2D eigenvalue weighted by molar-refractivity contribution is 0.210. The molecule has 0 bridgehead atoms. The number of anilines is 3. The maximum Gasteiger partial charge on any atom is 0.225 e. The van der Waals surface area contributed by atoms with Crippen LogP contribution in [0.2, 0.25) is 5.02 Å². The summed E-state index contributed by atoms with van der Waals surface area (Å²) in [5.41, 5.74) is 3.54. The SMILES string of the molecule is COCCNc1nc(Nc2cc(C)c(Cl)cc2OC)cc(-c2ccccc2)n1. The second-order valence-electron chi connectivity index (χ2n) is 6.17. The fraction of sp³-hybridized carbons (Fsp3) is 0.238. The molecule has 0 aliphatic heterocycles. The molecule has 0 unspecified atom stereocenters. The van der Waals surface area contributed by atoms with Crippen molar-refractivity contribution in [3.05, 3.63) is 59.1 Å². The zero-order valence-corrected chi connectivity index (χ0v) is 16.9. The Morgan fingerprint density at radius 1 is 1.04 bits per heavy atom. The van der Waals surface area contributed by atoms with Crippen molar-refractivity contribution in [1.29, 1.82) is 0 Å². The monoisotopic (exact) mass is 398 g/mol. The number of hydrogen-bond acceptors (Lipinski definition) is 6. The first kappa shape index (κ1) is 19.9. The third-order valence-electron chi connectivity index (χ3n) is 4.13. The molecule has 0 saturated heterocycles. The van der Waals surface area contributed by atoms with E-state index in [1.54, 1.807) is 20.3 Å². The van der Waals surface area contributed by atoms with Crippen molar-refractivity contribution in [2.75, 3.05) is 38.0 Å². The van der Waals surface area contributed by atoms with Gasteiger partial charge in [0.05, 0.1) is 25.1 Å². The highest BCUT2D eigenvalue weighted by Gasteiger charge is 2.11. The van der Waals surface area contributed by atoms with Crippen molar-refractivity contribution in [1.82, 2.24) is 9.97 Å². The number of hydrogen-bond donors (Lipinski definition) is 2. The number of nitrogens with zero attached hydrogens (tertiary/aromatic N) is 2. The predicted molar refractivity (Wildman–Crippen MR) is 114 cm³/mol. The Kier molecular flexibility index (Phi) is 6.68. The second kappa shape index (κ2) is 9.39. The van der Waals surface area contributed by atoms with E-state index >= 15 is 0 Å². The summed E-state index contributed by atoms with van der Waals surface area (Å²) in [6.07, 6.45) is 0. The molecule has 0 atom stereocenters. The molecule has 3 rings (SSSR count). The third kappa shape index (κ3) is 4.91. The predicted octanol–water partition coefficient (Wildman–Crippen LogP) is 4.92. The van der Waals surface area contributed by atoms with Gasteiger partial charge in [-0.15, -0.1) is 0 Å². The van der Waals surface area contributed by atoms with Crippen LogP contribution in [-0.2, 0) is 4.74 Å². The Bertz CT molecular complexity index is 935. The molecule has 0 aliphatic carbocycles. The molecule has 3 aromatic rings. The minimum absolute atomic E-state index is 0.519. The molecule has 0 saturated carbocycles. The van der Waals surface area contributed by atoms with Crippen molar-refractivity contribution >= 4 is 29.1 Å². The topological polar surface area (TPSA) is 68.3 Å². The molecule has 0 radical (unpaired) electrons. The van der Waals surface area contributed by atoms with E-state index in [0.717, 1.165) is 22.5 Å². The summed E-state index contributed by atoms with van der Waals surface area (Å²) in [5.74, 6) is 1.81. The molecule has 0 amide bonds. The standard InChI is InChI=1S/C21H23ClN4O2/c1-14-11-18(19(28-3)12-16(14)22)24-20-13-17(15-7-5-4-6-8-15)25-21(26-20)23-9-10-27-2/h4-8,11-13H,9-10H2,1-3H3,(H2,23,24,25,26). The first-order chi connectivity index (χ1) is 13.6. The van der Waals surface area contributed by atoms with Gasteiger partial charge in [-0.3, -0.25) is 0 Å². The minimum Gasteiger partial charge on any atom is -0.495 e. The molecule has 28 heavy (non-hydrogen) atoms. The molecule has 1 aromatic heterocycles. The van der Waals surface area contributed by atoms with E-state index in [0.29, 0.717) is 35.7 Å². The lowest BCUT2D eigenvalue weighted by Gasteiger charge is -2.14. The normalized spacial score (nSPS) is 10.6. The highest BCUT2D eigenvalue weighted by Crippen LogP contribution is 2.33. The Balaban J connectivity index is 1.97. The number of halogens is 1. The van der Waals surface area contributed by atoms with Gasteiger partial charge in [-0.1, -0.05) is 41.9 Å². The first-order valence-electron chi connectivity index (χ1n) is 8.89. The molecular weight excluding hydrogens is 376 g/mol. The fourth-order valence-corrected chi connectivity index (χ4v) is 2.83. The van der Waals surface area contributed by atoms with E-state index < -0.39 is 0 Å². The Morgan fingerprint density at radius 3 is 2.54 bits per heavy atom. The summed E-state index contributed by atoms with van der Waals surface area (Å²) < 4.78 is 10.6. The average Bonchev–Trinajstić information content (AvgIpc) is 2.71. The maximum absolute atomic E-state index is 6.21. The molecule has 146 valence electrons. The van der Waals surface area contributed by atoms with Crippen molar-refractivity contribution in [2.24, 2.45) is 0 Å². The smallest absolute Gasteiger partial charge is 0.225 e. The van der Waals surface area contributed by atoms with Gasteiger partial charge in [-0.05, 0) is 18.6 Å². The lowest BCUT2D eigenvalue weighted by atomic mass is 10.1. The molecular formula is C21H23ClN4O2. The Hall–Kier alpha value is -2.83. The third-order valence-corrected chi connectivity index (χ3v) is 4.54. The molecule has 6 nitrogen and oxygen atoms in total. The summed E-state index contributed by atoms with van der Waals surface area (Å²) in [6, 6.07) is 15.6. The zero-order valence-electron chi connectivity index (χ0n) is 16.1. The molecule has 2 N–H and O–H groups in total. The number of aromatic nitrogens is 2. The first-order valence-corrected chi connectivity index (χ1v) is 9.27. The number of benzene rings is 2. The van der Waals surface area contributed by atoms with Crippen LogP contribution in [0.3, 0.4) is 0 Å². The van der Waals surface area contributed by atoms with E-state index in [2.05, 4.69) is 20.6 Å². The van der Waals surface area contributed by atoms with Crippen LogP contribution in [0.5, 0.6) is 5.75 Å². The van der Waals surface area contributed by atoms with Crippen LogP contribution in [-0.4, -0.2) is 37.3 Å². The average molecular weight is 399 g/mol. The number of nitrogens with one attached hydrogen (secondary N) is 2. The van der Waals surface area contributed by atoms with Crippen molar-refractivity contribution in [3.8, 4) is 17.0 Å². The maximum atomic E-state index is 6.21. The van der Waals surface area contributed by atoms with Gasteiger partial charge in [0.1, 0.15) is 11.6 Å². The van der Waals surface area contributed by atoms with Crippen LogP contribution >= 0.6 is 11.6 Å². The zero-order chi connectivity index (χ0) is 19.9. The largest absolute Gasteiger partial charge is 0.495 e.